The van der Waals surface area contributed by atoms with Gasteiger partial charge in [-0.25, -0.2) is 15.0 Å². The topological polar surface area (TPSA) is 41.9 Å². The zero-order chi connectivity index (χ0) is 16.0. The first-order chi connectivity index (χ1) is 10.4. The van der Waals surface area contributed by atoms with E-state index in [4.69, 9.17) is 16.6 Å². The van der Waals surface area contributed by atoms with E-state index in [9.17, 15) is 0 Å². The highest BCUT2D eigenvalue weighted by molar-refractivity contribution is 7.15. The maximum absolute atomic E-state index is 6.33. The summed E-state index contributed by atoms with van der Waals surface area (Å²) in [4.78, 5) is 17.0. The van der Waals surface area contributed by atoms with Crippen LogP contribution in [-0.2, 0) is 6.42 Å². The number of rotatable bonds is 2. The standard InChI is InChI=1S/C16H19ClN4S/c1-8-6-13-11(7-12(8)21(4)5)20-16(22-13)14-9(2)18-10(3)19-15(14)17/h7-8H,6H2,1-5H3. The molecule has 1 aliphatic carbocycles. The van der Waals surface area contributed by atoms with Gasteiger partial charge in [0.15, 0.2) is 0 Å². The molecule has 0 saturated carbocycles. The molecular weight excluding hydrogens is 316 g/mol. The Morgan fingerprint density at radius 1 is 1.23 bits per heavy atom. The van der Waals surface area contributed by atoms with Crippen LogP contribution in [0.4, 0.5) is 0 Å². The van der Waals surface area contributed by atoms with Crippen molar-refractivity contribution in [3.05, 3.63) is 32.9 Å². The molecule has 2 heterocycles. The summed E-state index contributed by atoms with van der Waals surface area (Å²) < 4.78 is 0. The second kappa shape index (κ2) is 5.63. The molecule has 0 N–H and O–H groups in total. The van der Waals surface area contributed by atoms with Crippen molar-refractivity contribution in [1.82, 2.24) is 19.9 Å². The zero-order valence-corrected chi connectivity index (χ0v) is 15.0. The minimum Gasteiger partial charge on any atom is -0.381 e. The molecule has 0 amide bonds. The van der Waals surface area contributed by atoms with E-state index in [1.807, 2.05) is 13.8 Å². The zero-order valence-electron chi connectivity index (χ0n) is 13.4. The summed E-state index contributed by atoms with van der Waals surface area (Å²) in [5, 5.41) is 1.40. The van der Waals surface area contributed by atoms with E-state index in [-0.39, 0.29) is 0 Å². The molecule has 0 fully saturated rings. The van der Waals surface area contributed by atoms with E-state index in [1.54, 1.807) is 11.3 Å². The largest absolute Gasteiger partial charge is 0.381 e. The number of halogens is 1. The summed E-state index contributed by atoms with van der Waals surface area (Å²) >= 11 is 8.03. The van der Waals surface area contributed by atoms with Crippen LogP contribution in [0.15, 0.2) is 5.70 Å². The minimum atomic E-state index is 0.487. The molecule has 116 valence electrons. The van der Waals surface area contributed by atoms with E-state index in [1.165, 1.54) is 10.6 Å². The monoisotopic (exact) mass is 334 g/mol. The van der Waals surface area contributed by atoms with Gasteiger partial charge in [0.05, 0.1) is 17.0 Å². The van der Waals surface area contributed by atoms with Crippen molar-refractivity contribution in [3.63, 3.8) is 0 Å². The molecule has 0 saturated heterocycles. The van der Waals surface area contributed by atoms with Crippen LogP contribution >= 0.6 is 22.9 Å². The molecule has 1 unspecified atom stereocenters. The molecule has 1 aliphatic rings. The summed E-state index contributed by atoms with van der Waals surface area (Å²) in [6, 6.07) is 0. The van der Waals surface area contributed by atoms with E-state index in [2.05, 4.69) is 42.0 Å². The first kappa shape index (κ1) is 15.4. The first-order valence-corrected chi connectivity index (χ1v) is 8.46. The molecule has 0 aromatic carbocycles. The number of aryl methyl sites for hydroxylation is 2. The summed E-state index contributed by atoms with van der Waals surface area (Å²) in [6.07, 6.45) is 3.20. The highest BCUT2D eigenvalue weighted by atomic mass is 35.5. The number of allylic oxidation sites excluding steroid dienone is 1. The van der Waals surface area contributed by atoms with Crippen LogP contribution < -0.4 is 0 Å². The van der Waals surface area contributed by atoms with Crippen LogP contribution in [0.1, 0.15) is 29.0 Å². The minimum absolute atomic E-state index is 0.487. The molecule has 2 aromatic heterocycles. The lowest BCUT2D eigenvalue weighted by Crippen LogP contribution is -2.21. The maximum Gasteiger partial charge on any atom is 0.143 e. The molecule has 2 aromatic rings. The lowest BCUT2D eigenvalue weighted by molar-refractivity contribution is 0.432. The number of nitrogens with zero attached hydrogens (tertiary/aromatic N) is 4. The van der Waals surface area contributed by atoms with Gasteiger partial charge < -0.3 is 4.90 Å². The van der Waals surface area contributed by atoms with E-state index in [0.29, 0.717) is 16.9 Å². The molecule has 22 heavy (non-hydrogen) atoms. The predicted molar refractivity (Wildman–Crippen MR) is 92.2 cm³/mol. The lowest BCUT2D eigenvalue weighted by atomic mass is 9.95. The normalized spacial score (nSPS) is 17.2. The van der Waals surface area contributed by atoms with Gasteiger partial charge in [-0.3, -0.25) is 0 Å². The molecule has 6 heteroatoms. The van der Waals surface area contributed by atoms with Crippen LogP contribution in [0.25, 0.3) is 16.6 Å². The summed E-state index contributed by atoms with van der Waals surface area (Å²) in [7, 11) is 4.16. The third-order valence-electron chi connectivity index (χ3n) is 3.90. The molecule has 0 aliphatic heterocycles. The van der Waals surface area contributed by atoms with Crippen LogP contribution in [0, 0.1) is 19.8 Å². The molecule has 0 radical (unpaired) electrons. The van der Waals surface area contributed by atoms with Gasteiger partial charge in [0.1, 0.15) is 16.0 Å². The quantitative estimate of drug-likeness (QED) is 0.779. The SMILES string of the molecule is Cc1nc(C)c(-c2nc3c(s2)CC(C)C(N(C)C)=C3)c(Cl)n1. The number of fused-ring (bicyclic) bond motifs is 1. The fourth-order valence-electron chi connectivity index (χ4n) is 2.88. The van der Waals surface area contributed by atoms with E-state index >= 15 is 0 Å². The first-order valence-electron chi connectivity index (χ1n) is 7.26. The number of thiazole rings is 1. The van der Waals surface area contributed by atoms with Crippen LogP contribution in [0.3, 0.4) is 0 Å². The second-order valence-electron chi connectivity index (χ2n) is 5.92. The van der Waals surface area contributed by atoms with Gasteiger partial charge >= 0.3 is 0 Å². The Bertz CT molecular complexity index is 740. The maximum atomic E-state index is 6.33. The Labute approximate surface area is 139 Å². The van der Waals surface area contributed by atoms with Crippen LogP contribution in [0.5, 0.6) is 0 Å². The summed E-state index contributed by atoms with van der Waals surface area (Å²) in [5.41, 5.74) is 4.11. The number of hydrogen-bond donors (Lipinski definition) is 0. The average molecular weight is 335 g/mol. The molecule has 0 bridgehead atoms. The van der Waals surface area contributed by atoms with Crippen molar-refractivity contribution in [3.8, 4) is 10.6 Å². The lowest BCUT2D eigenvalue weighted by Gasteiger charge is -2.26. The van der Waals surface area contributed by atoms with Gasteiger partial charge in [-0.2, -0.15) is 0 Å². The third kappa shape index (κ3) is 2.63. The van der Waals surface area contributed by atoms with Gasteiger partial charge in [-0.15, -0.1) is 11.3 Å². The van der Waals surface area contributed by atoms with Gasteiger partial charge in [-0.05, 0) is 26.3 Å². The second-order valence-corrected chi connectivity index (χ2v) is 7.36. The Hall–Kier alpha value is -1.46. The smallest absolute Gasteiger partial charge is 0.143 e. The fourth-order valence-corrected chi connectivity index (χ4v) is 4.55. The molecular formula is C16H19ClN4S. The van der Waals surface area contributed by atoms with Crippen molar-refractivity contribution >= 4 is 29.0 Å². The fraction of sp³-hybridized carbons (Fsp3) is 0.438. The predicted octanol–water partition coefficient (Wildman–Crippen LogP) is 3.97. The summed E-state index contributed by atoms with van der Waals surface area (Å²) in [5.74, 6) is 1.19. The molecule has 4 nitrogen and oxygen atoms in total. The average Bonchev–Trinajstić information content (AvgIpc) is 2.78. The highest BCUT2D eigenvalue weighted by Crippen LogP contribution is 2.38. The number of aromatic nitrogens is 3. The van der Waals surface area contributed by atoms with Crippen molar-refractivity contribution in [2.75, 3.05) is 14.1 Å². The Kier molecular flexibility index (Phi) is 3.95. The molecule has 0 spiro atoms. The van der Waals surface area contributed by atoms with Crippen LogP contribution in [-0.4, -0.2) is 33.9 Å². The van der Waals surface area contributed by atoms with Gasteiger partial charge in [0.2, 0.25) is 0 Å². The van der Waals surface area contributed by atoms with Gasteiger partial charge in [0, 0.05) is 30.6 Å². The van der Waals surface area contributed by atoms with E-state index < -0.39 is 0 Å². The Morgan fingerprint density at radius 3 is 2.59 bits per heavy atom. The number of hydrogen-bond acceptors (Lipinski definition) is 5. The highest BCUT2D eigenvalue weighted by Gasteiger charge is 2.24. The van der Waals surface area contributed by atoms with Crippen LogP contribution in [0.2, 0.25) is 5.15 Å². The Balaban J connectivity index is 2.10. The van der Waals surface area contributed by atoms with Crippen molar-refractivity contribution in [2.24, 2.45) is 5.92 Å². The molecule has 1 atom stereocenters. The molecule has 3 rings (SSSR count). The third-order valence-corrected chi connectivity index (χ3v) is 5.28. The van der Waals surface area contributed by atoms with Crippen molar-refractivity contribution in [1.29, 1.82) is 0 Å². The Morgan fingerprint density at radius 2 is 1.95 bits per heavy atom. The van der Waals surface area contributed by atoms with Crippen molar-refractivity contribution in [2.45, 2.75) is 27.2 Å². The van der Waals surface area contributed by atoms with Gasteiger partial charge in [-0.1, -0.05) is 18.5 Å². The van der Waals surface area contributed by atoms with Gasteiger partial charge in [0.25, 0.3) is 0 Å². The summed E-state index contributed by atoms with van der Waals surface area (Å²) in [6.45, 7) is 6.06. The van der Waals surface area contributed by atoms with Crippen molar-refractivity contribution < 1.29 is 0 Å². The van der Waals surface area contributed by atoms with E-state index in [0.717, 1.165) is 28.4 Å².